The Bertz CT molecular complexity index is 856. The highest BCUT2D eigenvalue weighted by Gasteiger charge is 2.48. The van der Waals surface area contributed by atoms with Crippen LogP contribution in [0.4, 0.5) is 5.69 Å². The van der Waals surface area contributed by atoms with Gasteiger partial charge in [0.05, 0.1) is 18.6 Å². The lowest BCUT2D eigenvalue weighted by Gasteiger charge is -2.54. The van der Waals surface area contributed by atoms with Gasteiger partial charge in [0.1, 0.15) is 6.29 Å². The van der Waals surface area contributed by atoms with Crippen LogP contribution in [0.1, 0.15) is 56.4 Å². The minimum absolute atomic E-state index is 0.127. The summed E-state index contributed by atoms with van der Waals surface area (Å²) in [5.41, 5.74) is 2.46. The highest BCUT2D eigenvalue weighted by molar-refractivity contribution is 6.32. The van der Waals surface area contributed by atoms with Gasteiger partial charge in [-0.2, -0.15) is 0 Å². The molecule has 1 amide bonds. The van der Waals surface area contributed by atoms with Gasteiger partial charge in [-0.1, -0.05) is 24.1 Å². The lowest BCUT2D eigenvalue weighted by molar-refractivity contribution is -0.122. The van der Waals surface area contributed by atoms with Crippen molar-refractivity contribution < 1.29 is 14.3 Å². The van der Waals surface area contributed by atoms with Crippen LogP contribution in [0.5, 0.6) is 0 Å². The number of likely N-dealkylation sites (N-methyl/N-ethyl adjacent to an activating group) is 1. The molecule has 1 aromatic rings. The van der Waals surface area contributed by atoms with Crippen molar-refractivity contribution in [1.82, 2.24) is 10.6 Å². The second-order valence-electron chi connectivity index (χ2n) is 9.72. The Balaban J connectivity index is 1.22. The number of halogens is 1. The van der Waals surface area contributed by atoms with E-state index in [1.54, 1.807) is 7.05 Å². The maximum absolute atomic E-state index is 12.2. The van der Waals surface area contributed by atoms with Gasteiger partial charge in [-0.25, -0.2) is 0 Å². The molecule has 1 saturated heterocycles. The number of rotatable bonds is 11. The second-order valence-corrected chi connectivity index (χ2v) is 10.1. The van der Waals surface area contributed by atoms with Gasteiger partial charge in [0.15, 0.2) is 5.88 Å². The zero-order chi connectivity index (χ0) is 22.7. The number of benzene rings is 1. The number of nitrogens with one attached hydrogen (secondary N) is 2. The number of carbonyl (C=O) groups excluding carboxylic acids is 2. The highest BCUT2D eigenvalue weighted by atomic mass is 35.5. The molecule has 6 nitrogen and oxygen atoms in total. The number of aldehydes is 1. The van der Waals surface area contributed by atoms with Crippen molar-refractivity contribution in [1.29, 1.82) is 0 Å². The summed E-state index contributed by atoms with van der Waals surface area (Å²) >= 11 is 6.53. The van der Waals surface area contributed by atoms with E-state index >= 15 is 0 Å². The van der Waals surface area contributed by atoms with E-state index in [1.807, 2.05) is 18.2 Å². The van der Waals surface area contributed by atoms with Crippen LogP contribution in [-0.2, 0) is 14.3 Å². The molecule has 2 N–H and O–H groups in total. The SMILES string of the molecule is C=C(NC1CN(c2ccc(C(CCC=O)C(=O)NC)c(Cl)c2)C1)OCC1CC2(CCC2)C1. The molecule has 1 aliphatic heterocycles. The van der Waals surface area contributed by atoms with Gasteiger partial charge in [0, 0.05) is 37.3 Å². The largest absolute Gasteiger partial charge is 0.479 e. The van der Waals surface area contributed by atoms with E-state index in [9.17, 15) is 9.59 Å². The van der Waals surface area contributed by atoms with Crippen molar-refractivity contribution in [3.63, 3.8) is 0 Å². The van der Waals surface area contributed by atoms with Crippen LogP contribution >= 0.6 is 11.6 Å². The summed E-state index contributed by atoms with van der Waals surface area (Å²) < 4.78 is 5.87. The van der Waals surface area contributed by atoms with Gasteiger partial charge in [-0.15, -0.1) is 0 Å². The molecule has 1 atom stereocenters. The Kier molecular flexibility index (Phi) is 6.99. The van der Waals surface area contributed by atoms with E-state index in [0.717, 1.165) is 37.2 Å². The number of anilines is 1. The number of ether oxygens (including phenoxy) is 1. The van der Waals surface area contributed by atoms with Crippen molar-refractivity contribution in [2.24, 2.45) is 11.3 Å². The molecular formula is C25H34ClN3O3. The molecule has 32 heavy (non-hydrogen) atoms. The topological polar surface area (TPSA) is 70.7 Å². The van der Waals surface area contributed by atoms with E-state index < -0.39 is 5.92 Å². The molecule has 7 heteroatoms. The van der Waals surface area contributed by atoms with Crippen molar-refractivity contribution in [2.45, 2.75) is 56.9 Å². The maximum atomic E-state index is 12.2. The summed E-state index contributed by atoms with van der Waals surface area (Å²) in [5, 5.41) is 6.60. The van der Waals surface area contributed by atoms with Gasteiger partial charge >= 0.3 is 0 Å². The Hall–Kier alpha value is -2.21. The van der Waals surface area contributed by atoms with Gasteiger partial charge < -0.3 is 25.1 Å². The molecule has 0 radical (unpaired) electrons. The number of hydrogen-bond donors (Lipinski definition) is 2. The van der Waals surface area contributed by atoms with Crippen molar-refractivity contribution >= 4 is 29.5 Å². The first kappa shape index (κ1) is 23.0. The molecule has 2 saturated carbocycles. The second kappa shape index (κ2) is 9.74. The van der Waals surface area contributed by atoms with E-state index in [-0.39, 0.29) is 5.91 Å². The molecule has 0 bridgehead atoms. The Morgan fingerprint density at radius 1 is 1.38 bits per heavy atom. The first-order chi connectivity index (χ1) is 15.4. The molecule has 1 spiro atoms. The molecule has 3 aliphatic rings. The molecule has 2 aliphatic carbocycles. The zero-order valence-corrected chi connectivity index (χ0v) is 19.6. The standard InChI is InChI=1S/C25H34ClN3O3/c1-17(32-16-18-12-25(13-18)8-4-9-25)28-19-14-29(15-19)20-6-7-21(23(26)11-20)22(5-3-10-30)24(31)27-2/h6-7,10-11,18-19,22,28H,1,3-5,8-9,12-16H2,2H3,(H,27,31). The molecular weight excluding hydrogens is 426 g/mol. The smallest absolute Gasteiger partial charge is 0.227 e. The molecule has 1 aromatic carbocycles. The molecule has 174 valence electrons. The predicted molar refractivity (Wildman–Crippen MR) is 127 cm³/mol. The van der Waals surface area contributed by atoms with Crippen LogP contribution in [0.2, 0.25) is 5.02 Å². The van der Waals surface area contributed by atoms with Crippen LogP contribution in [-0.4, -0.2) is 45.0 Å². The Labute approximate surface area is 195 Å². The van der Waals surface area contributed by atoms with Crippen LogP contribution in [0.25, 0.3) is 0 Å². The van der Waals surface area contributed by atoms with E-state index in [2.05, 4.69) is 22.1 Å². The van der Waals surface area contributed by atoms with Crippen LogP contribution < -0.4 is 15.5 Å². The van der Waals surface area contributed by atoms with Crippen LogP contribution in [0.3, 0.4) is 0 Å². The summed E-state index contributed by atoms with van der Waals surface area (Å²) in [5.74, 6) is 0.810. The monoisotopic (exact) mass is 459 g/mol. The lowest BCUT2D eigenvalue weighted by Crippen LogP contribution is -2.58. The first-order valence-electron chi connectivity index (χ1n) is 11.7. The van der Waals surface area contributed by atoms with Gasteiger partial charge in [0.2, 0.25) is 5.91 Å². The first-order valence-corrected chi connectivity index (χ1v) is 12.1. The minimum Gasteiger partial charge on any atom is -0.479 e. The third-order valence-electron chi connectivity index (χ3n) is 7.46. The third-order valence-corrected chi connectivity index (χ3v) is 7.79. The third kappa shape index (κ3) is 4.90. The Morgan fingerprint density at radius 3 is 2.72 bits per heavy atom. The summed E-state index contributed by atoms with van der Waals surface area (Å²) in [7, 11) is 1.60. The summed E-state index contributed by atoms with van der Waals surface area (Å²) in [4.78, 5) is 25.2. The lowest BCUT2D eigenvalue weighted by atomic mass is 9.52. The number of carbonyl (C=O) groups is 2. The number of hydrogen-bond acceptors (Lipinski definition) is 5. The fraction of sp³-hybridized carbons (Fsp3) is 0.600. The quantitative estimate of drug-likeness (QED) is 0.386. The van der Waals surface area contributed by atoms with Crippen molar-refractivity contribution in [3.8, 4) is 0 Å². The number of nitrogens with zero attached hydrogens (tertiary/aromatic N) is 1. The average molecular weight is 460 g/mol. The van der Waals surface area contributed by atoms with Gasteiger partial charge in [-0.05, 0) is 67.7 Å². The predicted octanol–water partition coefficient (Wildman–Crippen LogP) is 4.00. The normalized spacial score (nSPS) is 20.5. The fourth-order valence-corrected chi connectivity index (χ4v) is 5.77. The van der Waals surface area contributed by atoms with Gasteiger partial charge in [0.25, 0.3) is 0 Å². The van der Waals surface area contributed by atoms with E-state index in [4.69, 9.17) is 16.3 Å². The maximum Gasteiger partial charge on any atom is 0.227 e. The molecule has 0 aromatic heterocycles. The minimum atomic E-state index is -0.423. The van der Waals surface area contributed by atoms with Crippen molar-refractivity contribution in [3.05, 3.63) is 41.2 Å². The molecule has 1 heterocycles. The molecule has 1 unspecified atom stereocenters. The Morgan fingerprint density at radius 2 is 2.12 bits per heavy atom. The molecule has 4 rings (SSSR count). The van der Waals surface area contributed by atoms with Crippen molar-refractivity contribution in [2.75, 3.05) is 31.6 Å². The van der Waals surface area contributed by atoms with Crippen LogP contribution in [0.15, 0.2) is 30.7 Å². The summed E-state index contributed by atoms with van der Waals surface area (Å²) in [6.07, 6.45) is 8.48. The summed E-state index contributed by atoms with van der Waals surface area (Å²) in [6.45, 7) is 6.49. The highest BCUT2D eigenvalue weighted by Crippen LogP contribution is 2.58. The fourth-order valence-electron chi connectivity index (χ4n) is 5.47. The number of amides is 1. The van der Waals surface area contributed by atoms with Crippen LogP contribution in [0, 0.1) is 11.3 Å². The van der Waals surface area contributed by atoms with E-state index in [1.165, 1.54) is 32.1 Å². The zero-order valence-electron chi connectivity index (χ0n) is 18.9. The summed E-state index contributed by atoms with van der Waals surface area (Å²) in [6, 6.07) is 6.10. The molecule has 3 fully saturated rings. The average Bonchev–Trinajstić information content (AvgIpc) is 2.69. The van der Waals surface area contributed by atoms with E-state index in [0.29, 0.717) is 41.1 Å². The van der Waals surface area contributed by atoms with Gasteiger partial charge in [-0.3, -0.25) is 4.79 Å².